The first kappa shape index (κ1) is 20.8. The molecule has 0 N–H and O–H groups in total. The van der Waals surface area contributed by atoms with Gasteiger partial charge in [0.2, 0.25) is 0 Å². The van der Waals surface area contributed by atoms with Gasteiger partial charge in [-0.3, -0.25) is 4.79 Å². The molecule has 2 aromatic rings. The normalized spacial score (nSPS) is 10.9. The number of ether oxygens (including phenoxy) is 2. The van der Waals surface area contributed by atoms with Crippen LogP contribution in [0.3, 0.4) is 0 Å². The van der Waals surface area contributed by atoms with E-state index >= 15 is 0 Å². The molecule has 3 nitrogen and oxygen atoms in total. The van der Waals surface area contributed by atoms with Gasteiger partial charge in [-0.05, 0) is 49.4 Å². The van der Waals surface area contributed by atoms with E-state index in [-0.39, 0.29) is 5.97 Å². The molecule has 0 radical (unpaired) electrons. The fourth-order valence-corrected chi connectivity index (χ4v) is 2.75. The quantitative estimate of drug-likeness (QED) is 0.332. The maximum atomic E-state index is 11.2. The summed E-state index contributed by atoms with van der Waals surface area (Å²) in [4.78, 5) is 11.2. The predicted octanol–water partition coefficient (Wildman–Crippen LogP) is 6.18. The smallest absolute Gasteiger partial charge is 0.305 e. The van der Waals surface area contributed by atoms with Crippen LogP contribution >= 0.6 is 0 Å². The van der Waals surface area contributed by atoms with Crippen molar-refractivity contribution in [2.45, 2.75) is 52.1 Å². The predicted molar refractivity (Wildman–Crippen MR) is 111 cm³/mol. The SMILES string of the molecule is CCOC(=O)CCCCCCC=Cc1ccc(OCc2ccccc2)cc1. The van der Waals surface area contributed by atoms with E-state index in [2.05, 4.69) is 36.4 Å². The van der Waals surface area contributed by atoms with Crippen LogP contribution in [0.5, 0.6) is 5.75 Å². The van der Waals surface area contributed by atoms with Gasteiger partial charge in [0.25, 0.3) is 0 Å². The van der Waals surface area contributed by atoms with E-state index in [0.717, 1.165) is 37.9 Å². The van der Waals surface area contributed by atoms with Crippen LogP contribution in [0.4, 0.5) is 0 Å². The molecule has 0 aliphatic carbocycles. The Bertz CT molecular complexity index is 675. The van der Waals surface area contributed by atoms with Crippen molar-refractivity contribution in [2.24, 2.45) is 0 Å². The maximum Gasteiger partial charge on any atom is 0.305 e. The van der Waals surface area contributed by atoms with Crippen LogP contribution in [0.2, 0.25) is 0 Å². The monoisotopic (exact) mass is 366 g/mol. The van der Waals surface area contributed by atoms with Crippen LogP contribution in [-0.4, -0.2) is 12.6 Å². The number of unbranched alkanes of at least 4 members (excludes halogenated alkanes) is 4. The lowest BCUT2D eigenvalue weighted by Crippen LogP contribution is -2.02. The Hall–Kier alpha value is -2.55. The topological polar surface area (TPSA) is 35.5 Å². The summed E-state index contributed by atoms with van der Waals surface area (Å²) in [5, 5.41) is 0. The van der Waals surface area contributed by atoms with Gasteiger partial charge in [0, 0.05) is 6.42 Å². The molecular weight excluding hydrogens is 336 g/mol. The van der Waals surface area contributed by atoms with Crippen LogP contribution in [0.15, 0.2) is 60.7 Å². The fourth-order valence-electron chi connectivity index (χ4n) is 2.75. The number of hydrogen-bond acceptors (Lipinski definition) is 3. The molecule has 0 amide bonds. The molecule has 0 heterocycles. The van der Waals surface area contributed by atoms with Crippen molar-refractivity contribution in [1.82, 2.24) is 0 Å². The van der Waals surface area contributed by atoms with Crippen molar-refractivity contribution in [1.29, 1.82) is 0 Å². The third-order valence-electron chi connectivity index (χ3n) is 4.25. The lowest BCUT2D eigenvalue weighted by atomic mass is 10.1. The average Bonchev–Trinajstić information content (AvgIpc) is 2.70. The Labute approximate surface area is 163 Å². The van der Waals surface area contributed by atoms with E-state index in [1.807, 2.05) is 37.3 Å². The van der Waals surface area contributed by atoms with Crippen molar-refractivity contribution in [3.8, 4) is 5.75 Å². The summed E-state index contributed by atoms with van der Waals surface area (Å²) < 4.78 is 10.7. The van der Waals surface area contributed by atoms with Gasteiger partial charge >= 0.3 is 5.97 Å². The molecule has 0 bridgehead atoms. The Morgan fingerprint density at radius 2 is 1.67 bits per heavy atom. The zero-order valence-corrected chi connectivity index (χ0v) is 16.2. The molecule has 27 heavy (non-hydrogen) atoms. The summed E-state index contributed by atoms with van der Waals surface area (Å²) in [7, 11) is 0. The molecule has 0 spiro atoms. The standard InChI is InChI=1S/C24H30O3/c1-2-26-24(25)15-11-6-4-3-5-8-12-21-16-18-23(19-17-21)27-20-22-13-9-7-10-14-22/h7-10,12-14,16-19H,2-6,11,15,20H2,1H3. The minimum atomic E-state index is -0.0754. The summed E-state index contributed by atoms with van der Waals surface area (Å²) in [6.07, 6.45) is 10.3. The summed E-state index contributed by atoms with van der Waals surface area (Å²) >= 11 is 0. The molecule has 144 valence electrons. The first-order valence-electron chi connectivity index (χ1n) is 9.87. The third-order valence-corrected chi connectivity index (χ3v) is 4.25. The highest BCUT2D eigenvalue weighted by atomic mass is 16.5. The molecule has 0 unspecified atom stereocenters. The van der Waals surface area contributed by atoms with Gasteiger partial charge in [-0.15, -0.1) is 0 Å². The summed E-state index contributed by atoms with van der Waals surface area (Å²) in [5.41, 5.74) is 2.35. The van der Waals surface area contributed by atoms with Crippen LogP contribution in [0.25, 0.3) is 6.08 Å². The summed E-state index contributed by atoms with van der Waals surface area (Å²) in [5.74, 6) is 0.811. The second-order valence-electron chi connectivity index (χ2n) is 6.50. The van der Waals surface area contributed by atoms with Gasteiger partial charge in [-0.25, -0.2) is 0 Å². The molecule has 0 fully saturated rings. The Balaban J connectivity index is 1.58. The zero-order valence-electron chi connectivity index (χ0n) is 16.2. The first-order valence-corrected chi connectivity index (χ1v) is 9.87. The Kier molecular flexibility index (Phi) is 9.80. The summed E-state index contributed by atoms with van der Waals surface area (Å²) in [6, 6.07) is 18.4. The molecule has 0 saturated carbocycles. The van der Waals surface area contributed by atoms with Gasteiger partial charge in [0.1, 0.15) is 12.4 Å². The van der Waals surface area contributed by atoms with E-state index in [9.17, 15) is 4.79 Å². The number of carbonyl (C=O) groups is 1. The van der Waals surface area contributed by atoms with Crippen LogP contribution in [0, 0.1) is 0 Å². The van der Waals surface area contributed by atoms with Gasteiger partial charge in [-0.1, -0.05) is 67.5 Å². The highest BCUT2D eigenvalue weighted by Crippen LogP contribution is 2.16. The number of benzene rings is 2. The highest BCUT2D eigenvalue weighted by molar-refractivity contribution is 5.69. The zero-order chi connectivity index (χ0) is 19.2. The van der Waals surface area contributed by atoms with Gasteiger partial charge in [-0.2, -0.15) is 0 Å². The molecular formula is C24H30O3. The maximum absolute atomic E-state index is 11.2. The molecule has 0 atom stereocenters. The van der Waals surface area contributed by atoms with Gasteiger partial charge < -0.3 is 9.47 Å². The van der Waals surface area contributed by atoms with Gasteiger partial charge in [0.05, 0.1) is 6.61 Å². The number of allylic oxidation sites excluding steroid dienone is 1. The van der Waals surface area contributed by atoms with Crippen molar-refractivity contribution >= 4 is 12.0 Å². The van der Waals surface area contributed by atoms with Crippen molar-refractivity contribution < 1.29 is 14.3 Å². The number of hydrogen-bond donors (Lipinski definition) is 0. The summed E-state index contributed by atoms with van der Waals surface area (Å²) in [6.45, 7) is 2.91. The number of esters is 1. The second-order valence-corrected chi connectivity index (χ2v) is 6.50. The van der Waals surface area contributed by atoms with E-state index in [0.29, 0.717) is 19.6 Å². The molecule has 0 saturated heterocycles. The van der Waals surface area contributed by atoms with Crippen LogP contribution < -0.4 is 4.74 Å². The van der Waals surface area contributed by atoms with Crippen molar-refractivity contribution in [2.75, 3.05) is 6.61 Å². The van der Waals surface area contributed by atoms with Gasteiger partial charge in [0.15, 0.2) is 0 Å². The Morgan fingerprint density at radius 1 is 0.926 bits per heavy atom. The van der Waals surface area contributed by atoms with E-state index in [4.69, 9.17) is 9.47 Å². The van der Waals surface area contributed by atoms with E-state index in [1.54, 1.807) is 0 Å². The first-order chi connectivity index (χ1) is 13.3. The molecule has 2 rings (SSSR count). The second kappa shape index (κ2) is 12.7. The molecule has 0 aromatic heterocycles. The fraction of sp³-hybridized carbons (Fsp3) is 0.375. The average molecular weight is 367 g/mol. The largest absolute Gasteiger partial charge is 0.489 e. The third kappa shape index (κ3) is 9.09. The lowest BCUT2D eigenvalue weighted by Gasteiger charge is -2.06. The van der Waals surface area contributed by atoms with E-state index < -0.39 is 0 Å². The number of carbonyl (C=O) groups excluding carboxylic acids is 1. The molecule has 3 heteroatoms. The lowest BCUT2D eigenvalue weighted by molar-refractivity contribution is -0.143. The Morgan fingerprint density at radius 3 is 2.41 bits per heavy atom. The minimum absolute atomic E-state index is 0.0754. The van der Waals surface area contributed by atoms with Crippen LogP contribution in [0.1, 0.15) is 56.6 Å². The van der Waals surface area contributed by atoms with Crippen LogP contribution in [-0.2, 0) is 16.1 Å². The van der Waals surface area contributed by atoms with Crippen molar-refractivity contribution in [3.63, 3.8) is 0 Å². The van der Waals surface area contributed by atoms with E-state index in [1.165, 1.54) is 11.1 Å². The molecule has 2 aromatic carbocycles. The minimum Gasteiger partial charge on any atom is -0.489 e. The highest BCUT2D eigenvalue weighted by Gasteiger charge is 2.00. The number of rotatable bonds is 12. The molecule has 0 aliphatic rings. The van der Waals surface area contributed by atoms with Crippen molar-refractivity contribution in [3.05, 3.63) is 71.8 Å². The molecule has 0 aliphatic heterocycles.